The smallest absolute Gasteiger partial charge is 0.133 e. The number of carbonyl (C=O) groups is 2. The zero-order chi connectivity index (χ0) is 19.9. The minimum atomic E-state index is 0.433. The molecule has 1 aliphatic rings. The molecule has 0 saturated carbocycles. The second-order valence-electron chi connectivity index (χ2n) is 7.61. The van der Waals surface area contributed by atoms with Gasteiger partial charge in [0.2, 0.25) is 0 Å². The van der Waals surface area contributed by atoms with E-state index in [9.17, 15) is 9.59 Å². The first-order chi connectivity index (χ1) is 13.2. The Balaban J connectivity index is 2.77. The molecule has 0 aromatic carbocycles. The zero-order valence-corrected chi connectivity index (χ0v) is 17.9. The van der Waals surface area contributed by atoms with Crippen molar-refractivity contribution in [2.75, 3.05) is 72.0 Å². The third kappa shape index (κ3) is 9.79. The molecular formula is C21H42N4O2. The summed E-state index contributed by atoms with van der Waals surface area (Å²) in [4.78, 5) is 31.8. The number of likely N-dealkylation sites (N-methyl/N-ethyl adjacent to an activating group) is 2. The molecule has 0 radical (unpaired) electrons. The van der Waals surface area contributed by atoms with Gasteiger partial charge in [0.1, 0.15) is 12.6 Å². The lowest BCUT2D eigenvalue weighted by molar-refractivity contribution is -0.109. The molecule has 1 fully saturated rings. The van der Waals surface area contributed by atoms with E-state index in [0.29, 0.717) is 19.1 Å². The van der Waals surface area contributed by atoms with E-state index in [0.717, 1.165) is 77.9 Å². The number of hydrogen-bond acceptors (Lipinski definition) is 6. The van der Waals surface area contributed by atoms with E-state index in [-0.39, 0.29) is 0 Å². The van der Waals surface area contributed by atoms with Gasteiger partial charge in [0.15, 0.2) is 0 Å². The molecule has 6 heteroatoms. The molecule has 0 N–H and O–H groups in total. The fraction of sp³-hybridized carbons (Fsp3) is 0.905. The first-order valence-corrected chi connectivity index (χ1v) is 11.0. The maximum absolute atomic E-state index is 11.1. The van der Waals surface area contributed by atoms with Crippen LogP contribution < -0.4 is 0 Å². The third-order valence-corrected chi connectivity index (χ3v) is 5.82. The van der Waals surface area contributed by atoms with Crippen LogP contribution in [-0.2, 0) is 9.59 Å². The summed E-state index contributed by atoms with van der Waals surface area (Å²) in [6, 6.07) is 0.433. The largest absolute Gasteiger partial charge is 0.302 e. The maximum atomic E-state index is 11.1. The molecular weight excluding hydrogens is 340 g/mol. The van der Waals surface area contributed by atoms with E-state index in [1.807, 2.05) is 0 Å². The highest BCUT2D eigenvalue weighted by molar-refractivity contribution is 5.52. The lowest BCUT2D eigenvalue weighted by Crippen LogP contribution is -2.47. The fourth-order valence-electron chi connectivity index (χ4n) is 3.92. The van der Waals surface area contributed by atoms with Gasteiger partial charge in [-0.15, -0.1) is 0 Å². The molecule has 1 heterocycles. The second-order valence-corrected chi connectivity index (χ2v) is 7.61. The Bertz CT molecular complexity index is 394. The van der Waals surface area contributed by atoms with Crippen LogP contribution in [-0.4, -0.2) is 110 Å². The van der Waals surface area contributed by atoms with Crippen molar-refractivity contribution < 1.29 is 9.59 Å². The minimum absolute atomic E-state index is 0.433. The third-order valence-electron chi connectivity index (χ3n) is 5.82. The summed E-state index contributed by atoms with van der Waals surface area (Å²) in [5, 5.41) is 0. The quantitative estimate of drug-likeness (QED) is 0.356. The monoisotopic (exact) mass is 382 g/mol. The van der Waals surface area contributed by atoms with Crippen molar-refractivity contribution in [1.29, 1.82) is 0 Å². The van der Waals surface area contributed by atoms with Gasteiger partial charge in [0, 0.05) is 51.9 Å². The first kappa shape index (κ1) is 24.2. The van der Waals surface area contributed by atoms with Gasteiger partial charge >= 0.3 is 0 Å². The molecule has 0 spiro atoms. The van der Waals surface area contributed by atoms with Crippen molar-refractivity contribution in [2.24, 2.45) is 0 Å². The second kappa shape index (κ2) is 15.1. The number of hydrogen-bond donors (Lipinski definition) is 0. The number of aldehydes is 2. The van der Waals surface area contributed by atoms with Crippen LogP contribution in [0.5, 0.6) is 0 Å². The first-order valence-electron chi connectivity index (χ1n) is 11.0. The van der Waals surface area contributed by atoms with Crippen LogP contribution in [0.4, 0.5) is 0 Å². The van der Waals surface area contributed by atoms with Gasteiger partial charge < -0.3 is 14.5 Å². The van der Waals surface area contributed by atoms with Crippen molar-refractivity contribution in [3.63, 3.8) is 0 Å². The Morgan fingerprint density at radius 2 is 1.48 bits per heavy atom. The SMILES string of the molecule is CCCCCC(CN1CCN(CC)CCN(CC=O)CC1)N(CC)CC=O. The average molecular weight is 383 g/mol. The standard InChI is InChI=1S/C21H42N4O2/c1-4-7-8-9-21(25(6-3)17-19-27)20-24-14-11-22(5-2)10-12-23(13-15-24)16-18-26/h18-19,21H,4-17,20H2,1-3H3. The molecule has 27 heavy (non-hydrogen) atoms. The van der Waals surface area contributed by atoms with E-state index in [2.05, 4.69) is 40.4 Å². The minimum Gasteiger partial charge on any atom is -0.302 e. The van der Waals surface area contributed by atoms with Gasteiger partial charge in [-0.2, -0.15) is 0 Å². The van der Waals surface area contributed by atoms with Crippen LogP contribution in [0, 0.1) is 0 Å². The van der Waals surface area contributed by atoms with E-state index >= 15 is 0 Å². The molecule has 1 saturated heterocycles. The summed E-state index contributed by atoms with van der Waals surface area (Å²) in [5.74, 6) is 0. The molecule has 1 unspecified atom stereocenters. The van der Waals surface area contributed by atoms with Crippen LogP contribution in [0.25, 0.3) is 0 Å². The maximum Gasteiger partial charge on any atom is 0.133 e. The summed E-state index contributed by atoms with van der Waals surface area (Å²) in [6.07, 6.45) is 6.92. The van der Waals surface area contributed by atoms with Gasteiger partial charge in [0.05, 0.1) is 13.1 Å². The predicted molar refractivity (Wildman–Crippen MR) is 112 cm³/mol. The Hall–Kier alpha value is -0.820. The molecule has 1 rings (SSSR count). The van der Waals surface area contributed by atoms with E-state index in [4.69, 9.17) is 0 Å². The number of rotatable bonds is 13. The van der Waals surface area contributed by atoms with E-state index in [1.54, 1.807) is 0 Å². The summed E-state index contributed by atoms with van der Waals surface area (Å²) < 4.78 is 0. The fourth-order valence-corrected chi connectivity index (χ4v) is 3.92. The molecule has 6 nitrogen and oxygen atoms in total. The highest BCUT2D eigenvalue weighted by Gasteiger charge is 2.22. The van der Waals surface area contributed by atoms with Crippen LogP contribution in [0.2, 0.25) is 0 Å². The van der Waals surface area contributed by atoms with Crippen molar-refractivity contribution >= 4 is 12.6 Å². The molecule has 1 atom stereocenters. The molecule has 158 valence electrons. The Kier molecular flexibility index (Phi) is 13.6. The predicted octanol–water partition coefficient (Wildman–Crippen LogP) is 1.59. The van der Waals surface area contributed by atoms with Gasteiger partial charge in [0.25, 0.3) is 0 Å². The lowest BCUT2D eigenvalue weighted by Gasteiger charge is -2.35. The Morgan fingerprint density at radius 3 is 2.00 bits per heavy atom. The van der Waals surface area contributed by atoms with Crippen LogP contribution >= 0.6 is 0 Å². The molecule has 0 aromatic rings. The van der Waals surface area contributed by atoms with Crippen molar-refractivity contribution in [3.8, 4) is 0 Å². The van der Waals surface area contributed by atoms with E-state index in [1.165, 1.54) is 19.3 Å². The van der Waals surface area contributed by atoms with Crippen molar-refractivity contribution in [1.82, 2.24) is 19.6 Å². The van der Waals surface area contributed by atoms with Crippen LogP contribution in [0.1, 0.15) is 46.5 Å². The van der Waals surface area contributed by atoms with E-state index < -0.39 is 0 Å². The highest BCUT2D eigenvalue weighted by Crippen LogP contribution is 2.13. The van der Waals surface area contributed by atoms with Gasteiger partial charge in [-0.25, -0.2) is 0 Å². The molecule has 0 amide bonds. The summed E-state index contributed by atoms with van der Waals surface area (Å²) >= 11 is 0. The van der Waals surface area contributed by atoms with Crippen LogP contribution in [0.3, 0.4) is 0 Å². The number of carbonyl (C=O) groups excluding carboxylic acids is 2. The topological polar surface area (TPSA) is 47.1 Å². The van der Waals surface area contributed by atoms with Crippen molar-refractivity contribution in [2.45, 2.75) is 52.5 Å². The summed E-state index contributed by atoms with van der Waals surface area (Å²) in [6.45, 7) is 16.7. The average Bonchev–Trinajstić information content (AvgIpc) is 2.77. The molecule has 1 aliphatic heterocycles. The summed E-state index contributed by atoms with van der Waals surface area (Å²) in [7, 11) is 0. The van der Waals surface area contributed by atoms with Crippen molar-refractivity contribution in [3.05, 3.63) is 0 Å². The molecule has 0 aromatic heterocycles. The number of unbranched alkanes of at least 4 members (excludes halogenated alkanes) is 2. The summed E-state index contributed by atoms with van der Waals surface area (Å²) in [5.41, 5.74) is 0. The molecule has 0 bridgehead atoms. The highest BCUT2D eigenvalue weighted by atomic mass is 16.1. The number of nitrogens with zero attached hydrogens (tertiary/aromatic N) is 4. The molecule has 0 aliphatic carbocycles. The Labute approximate surface area is 166 Å². The normalized spacial score (nSPS) is 19.4. The van der Waals surface area contributed by atoms with Crippen LogP contribution in [0.15, 0.2) is 0 Å². The van der Waals surface area contributed by atoms with Gasteiger partial charge in [-0.3, -0.25) is 14.7 Å². The zero-order valence-electron chi connectivity index (χ0n) is 17.9. The Morgan fingerprint density at radius 1 is 0.852 bits per heavy atom. The van der Waals surface area contributed by atoms with Gasteiger partial charge in [-0.1, -0.05) is 40.0 Å². The lowest BCUT2D eigenvalue weighted by atomic mass is 10.1. The van der Waals surface area contributed by atoms with Gasteiger partial charge in [-0.05, 0) is 19.5 Å².